The molecule has 9 atom stereocenters. The van der Waals surface area contributed by atoms with E-state index in [9.17, 15) is 47.9 Å². The zero-order valence-corrected chi connectivity index (χ0v) is 61.9. The Bertz CT molecular complexity index is 3590. The maximum atomic E-state index is 12.4. The van der Waals surface area contributed by atoms with Gasteiger partial charge in [-0.1, -0.05) is 25.3 Å². The van der Waals surface area contributed by atoms with Crippen LogP contribution in [0.25, 0.3) is 32.7 Å². The number of carboxylic acids is 2. The molecular weight excluding hydrogens is 1380 g/mol. The molecule has 0 saturated carbocycles. The van der Waals surface area contributed by atoms with E-state index in [-0.39, 0.29) is 122 Å². The van der Waals surface area contributed by atoms with Gasteiger partial charge in [-0.15, -0.1) is 53.6 Å². The number of aromatic carboxylic acids is 2. The van der Waals surface area contributed by atoms with E-state index >= 15 is 0 Å². The number of fused-ring (bicyclic) bond motifs is 4. The first kappa shape index (κ1) is 83.4. The molecule has 6 aromatic rings. The number of carbonyl (C=O) groups excluding carboxylic acids is 5. The number of aromatic amines is 3. The van der Waals surface area contributed by atoms with Gasteiger partial charge in [-0.25, -0.2) is 19.2 Å². The number of urea groups is 1. The molecule has 0 radical (unpaired) electrons. The second kappa shape index (κ2) is 43.4. The summed E-state index contributed by atoms with van der Waals surface area (Å²) in [5.41, 5.74) is 13.0. The van der Waals surface area contributed by atoms with Gasteiger partial charge >= 0.3 is 42.8 Å². The van der Waals surface area contributed by atoms with Gasteiger partial charge in [0.25, 0.3) is 0 Å². The number of aliphatic hydroxyl groups excluding tert-OH is 1. The van der Waals surface area contributed by atoms with Crippen LogP contribution >= 0.6 is 93.3 Å². The number of pyridine rings is 3. The molecular formula is C55H80LiN9O15P10S. The number of esters is 1. The number of nitrogens with one attached hydrogen (secondary N) is 7. The van der Waals surface area contributed by atoms with E-state index in [2.05, 4.69) is 94.5 Å². The number of H-pyrrole nitrogens is 3. The Hall–Kier alpha value is -3.65. The first-order valence-electron chi connectivity index (χ1n) is 27.8. The van der Waals surface area contributed by atoms with Crippen molar-refractivity contribution in [2.24, 2.45) is 0 Å². The molecule has 2 saturated heterocycles. The molecule has 24 nitrogen and oxygen atoms in total. The van der Waals surface area contributed by atoms with Gasteiger partial charge in [0.1, 0.15) is 22.9 Å². The molecule has 2 aliphatic rings. The summed E-state index contributed by atoms with van der Waals surface area (Å²) in [5.74, 6) is -1.85. The van der Waals surface area contributed by atoms with Crippen molar-refractivity contribution in [2.45, 2.75) is 101 Å². The van der Waals surface area contributed by atoms with Crippen molar-refractivity contribution in [1.29, 1.82) is 0 Å². The second-order valence-electron chi connectivity index (χ2n) is 20.0. The van der Waals surface area contributed by atoms with Crippen LogP contribution in [-0.2, 0) is 25.5 Å². The molecule has 3 aromatic carbocycles. The number of nitrogens with two attached hydrogens (primary N) is 2. The number of aromatic nitrogens is 3. The maximum absolute atomic E-state index is 12.4. The minimum atomic E-state index is -1.21. The standard InChI is InChI=1S/C33H45N5O7S.C11H10N2O3.C10H8N2O3.CH4O.Li.H2O.H12P10/c39-22(17-21-13-14-24-23(18-21)27(40)19-25(36-24)32(43)44)9-3-1-7-15-34-29(41)11-4-2-8-16-35-30(42)12-6-5-10-28-31-26(20-46-28)37-33(45)38-31;1-16-11(15)9-5-10(14)7-4-6(12)2-3-8(7)13-9;11-5-1-2-7-6(3-5)9(13)4-8(12-7)10(14)15;1-2;;;1-7(2)10(8(3)4)9(5)6/h13-14,18-19,26,28,31H,1-12,15-17,20H2,(H,34,41)(H,35,42)(H,36,40)(H,43,44)(H2,37,38,45);2-5H,12H2,1H3,(H,13,14);1-4H,11H2,(H,12,13)(H,14,15);2H,1H3;;1H2;1-6H2/q;;;;+1;;/p-1/t26-,28-,31-;;;;;;/m0....../s1. The number of benzene rings is 3. The molecule has 36 heteroatoms. The van der Waals surface area contributed by atoms with Crippen LogP contribution in [0.5, 0.6) is 0 Å². The molecule has 2 fully saturated rings. The summed E-state index contributed by atoms with van der Waals surface area (Å²) in [5, 5.41) is 38.3. The van der Waals surface area contributed by atoms with E-state index in [0.717, 1.165) is 76.4 Å². The van der Waals surface area contributed by atoms with Crippen LogP contribution in [0, 0.1) is 0 Å². The van der Waals surface area contributed by atoms with Gasteiger partial charge in [0.2, 0.25) is 11.8 Å². The Morgan fingerprint density at radius 2 is 1.02 bits per heavy atom. The molecule has 0 spiro atoms. The van der Waals surface area contributed by atoms with E-state index in [1.54, 1.807) is 48.5 Å². The van der Waals surface area contributed by atoms with Gasteiger partial charge < -0.3 is 73.2 Å². The predicted octanol–water partition coefficient (Wildman–Crippen LogP) is 6.96. The van der Waals surface area contributed by atoms with Crippen molar-refractivity contribution in [1.82, 2.24) is 36.2 Å². The van der Waals surface area contributed by atoms with Crippen LogP contribution in [0.4, 0.5) is 16.2 Å². The van der Waals surface area contributed by atoms with E-state index < -0.39 is 23.3 Å². The average molecular weight is 1460 g/mol. The van der Waals surface area contributed by atoms with Crippen LogP contribution in [-0.4, -0.2) is 128 Å². The Kier molecular flexibility index (Phi) is 39.8. The van der Waals surface area contributed by atoms with Crippen LogP contribution in [0.3, 0.4) is 0 Å². The third-order valence-electron chi connectivity index (χ3n) is 13.4. The summed E-state index contributed by atoms with van der Waals surface area (Å²) in [6, 6.07) is 18.2. The Balaban J connectivity index is 0.000000506. The number of rotatable bonds is 25. The summed E-state index contributed by atoms with van der Waals surface area (Å²) in [7, 11) is 19.9. The van der Waals surface area contributed by atoms with Gasteiger partial charge in [0, 0.05) is 108 Å². The van der Waals surface area contributed by atoms with E-state index in [1.165, 1.54) is 19.2 Å². The number of aliphatic hydroxyl groups is 1. The number of Topliss-reactive ketones (excluding diaryl/α,β-unsaturated/α-hetero) is 1. The molecule has 3 aromatic heterocycles. The minimum absolute atomic E-state index is 0. The van der Waals surface area contributed by atoms with E-state index in [4.69, 9.17) is 26.8 Å². The van der Waals surface area contributed by atoms with E-state index in [1.807, 2.05) is 11.8 Å². The second-order valence-corrected chi connectivity index (χ2v) is 57.9. The van der Waals surface area contributed by atoms with Gasteiger partial charge in [0.15, 0.2) is 16.3 Å². The normalized spacial score (nSPS) is 14.3. The summed E-state index contributed by atoms with van der Waals surface area (Å²) in [6.07, 6.45) is 9.19. The zero-order valence-electron chi connectivity index (χ0n) is 50.6. The van der Waals surface area contributed by atoms with E-state index in [0.29, 0.717) is 93.7 Å². The van der Waals surface area contributed by atoms with Crippen molar-refractivity contribution in [3.63, 3.8) is 0 Å². The van der Waals surface area contributed by atoms with Crippen LogP contribution in [0.2, 0.25) is 0 Å². The van der Waals surface area contributed by atoms with Crippen LogP contribution in [0.1, 0.15) is 114 Å². The smallest absolute Gasteiger partial charge is 0.870 e. The minimum Gasteiger partial charge on any atom is -0.870 e. The molecule has 6 unspecified atom stereocenters. The number of carbonyl (C=O) groups is 7. The van der Waals surface area contributed by atoms with Crippen LogP contribution in [0.15, 0.2) is 87.2 Å². The predicted molar refractivity (Wildman–Crippen MR) is 389 cm³/mol. The number of nitrogen functional groups attached to an aromatic ring is 2. The topological polar surface area (TPSA) is 418 Å². The molecule has 2 aliphatic heterocycles. The zero-order chi connectivity index (χ0) is 65.9. The molecule has 0 aliphatic carbocycles. The molecule has 0 bridgehead atoms. The number of carboxylic acid groups (broad SMARTS) is 2. The van der Waals surface area contributed by atoms with Crippen molar-refractivity contribution >= 4 is 179 Å². The van der Waals surface area contributed by atoms with Crippen LogP contribution < -0.4 is 67.9 Å². The first-order chi connectivity index (χ1) is 42.3. The van der Waals surface area contributed by atoms with Gasteiger partial charge in [-0.05, 0) is 121 Å². The van der Waals surface area contributed by atoms with Crippen molar-refractivity contribution in [3.8, 4) is 0 Å². The quantitative estimate of drug-likeness (QED) is 0.00688. The largest absolute Gasteiger partial charge is 1.00 e. The molecule has 5 heterocycles. The average Bonchev–Trinajstić information content (AvgIpc) is 1.70. The van der Waals surface area contributed by atoms with Crippen molar-refractivity contribution in [2.75, 3.05) is 44.5 Å². The third kappa shape index (κ3) is 28.3. The maximum Gasteiger partial charge on any atom is 1.00 e. The van der Waals surface area contributed by atoms with Crippen molar-refractivity contribution < 1.29 is 78.0 Å². The number of methoxy groups -OCH3 is 1. The summed E-state index contributed by atoms with van der Waals surface area (Å²) in [6.45, 7) is 1.81. The number of anilines is 2. The van der Waals surface area contributed by atoms with Crippen molar-refractivity contribution in [3.05, 3.63) is 126 Å². The summed E-state index contributed by atoms with van der Waals surface area (Å²) >= 11 is 1.89. The van der Waals surface area contributed by atoms with Gasteiger partial charge in [-0.3, -0.25) is 28.8 Å². The first-order valence-corrected chi connectivity index (χ1v) is 46.0. The number of hydrogen-bond donors (Lipinski definition) is 12. The number of ketones is 1. The summed E-state index contributed by atoms with van der Waals surface area (Å²) < 4.78 is 4.53. The Morgan fingerprint density at radius 3 is 1.47 bits per heavy atom. The number of unbranched alkanes of at least 4 members (excludes halogenated alkanes) is 5. The molecule has 91 heavy (non-hydrogen) atoms. The monoisotopic (exact) mass is 1460 g/mol. The fourth-order valence-electron chi connectivity index (χ4n) is 9.18. The third-order valence-corrected chi connectivity index (χ3v) is 64.5. The fraction of sp³-hybridized carbons (Fsp3) is 0.382. The number of thioether (sulfide) groups is 1. The molecule has 4 amide bonds. The molecule has 15 N–H and O–H groups in total. The van der Waals surface area contributed by atoms with Gasteiger partial charge in [0.05, 0.1) is 30.2 Å². The number of amides is 4. The SMILES string of the molecule is CO.COC(=O)c1cc(=O)c2cc(N)ccc2[nH]1.Nc1ccc2[nH]c(C(=O)O)cc(=O)c2c1.O=C(CCCCCNC(=O)CCCCCNC(=O)CCCC[C@@H]1SC[C@@H]2NC(=O)N[C@@H]21)Cc1ccc2[nH]c(C(=O)O)cc(=O)c2c1.PP(P)P(P(P)P)P(P)P.[Li+].[OH-]. The van der Waals surface area contributed by atoms with Gasteiger partial charge in [-0.2, -0.15) is 11.8 Å². The number of ether oxygens (including phenoxy) is 1. The number of hydrogen-bond acceptors (Lipinski definition) is 16. The fourth-order valence-corrected chi connectivity index (χ4v) is 97.3. The Morgan fingerprint density at radius 1 is 0.593 bits per heavy atom. The molecule has 8 rings (SSSR count). The summed E-state index contributed by atoms with van der Waals surface area (Å²) in [4.78, 5) is 125. The molecule has 492 valence electrons. The Labute approximate surface area is 560 Å².